The lowest BCUT2D eigenvalue weighted by molar-refractivity contribution is -0.274. The van der Waals surface area contributed by atoms with E-state index in [1.54, 1.807) is 13.8 Å². The van der Waals surface area contributed by atoms with Crippen molar-refractivity contribution in [2.75, 3.05) is 17.2 Å². The summed E-state index contributed by atoms with van der Waals surface area (Å²) in [5.74, 6) is -1.78. The summed E-state index contributed by atoms with van der Waals surface area (Å²) < 4.78 is 57.1. The molecule has 10 nitrogen and oxygen atoms in total. The molecule has 5 N–H and O–H groups in total. The molecule has 1 aliphatic carbocycles. The average Bonchev–Trinajstić information content (AvgIpc) is 3.43. The molecule has 0 radical (unpaired) electrons. The monoisotopic (exact) mass is 622 g/mol. The molecule has 1 saturated carbocycles. The Kier molecular flexibility index (Phi) is 8.44. The second-order valence-electron chi connectivity index (χ2n) is 10.6. The highest BCUT2D eigenvalue weighted by Gasteiger charge is 2.41. The number of thiazole rings is 1. The zero-order valence-corrected chi connectivity index (χ0v) is 24.4. The number of benzene rings is 1. The molecule has 4 aromatic rings. The summed E-state index contributed by atoms with van der Waals surface area (Å²) in [5, 5.41) is 37.5. The quantitative estimate of drug-likeness (QED) is 0.174. The molecule has 230 valence electrons. The number of halogens is 4. The van der Waals surface area contributed by atoms with Gasteiger partial charge in [0.2, 0.25) is 5.95 Å². The molecule has 1 unspecified atom stereocenters. The van der Waals surface area contributed by atoms with Crippen molar-refractivity contribution in [3.8, 4) is 16.3 Å². The molecule has 1 aromatic carbocycles. The fourth-order valence-electron chi connectivity index (χ4n) is 5.29. The first-order valence-corrected chi connectivity index (χ1v) is 14.2. The number of rotatable bonds is 8. The summed E-state index contributed by atoms with van der Waals surface area (Å²) in [6.07, 6.45) is -7.02. The minimum Gasteiger partial charge on any atom is -0.406 e. The number of hydrogen-bond donors (Lipinski definition) is 5. The van der Waals surface area contributed by atoms with Crippen LogP contribution in [-0.4, -0.2) is 66.5 Å². The molecular formula is C28H30F4N6O4S. The van der Waals surface area contributed by atoms with E-state index in [1.165, 1.54) is 17.4 Å². The van der Waals surface area contributed by atoms with E-state index >= 15 is 0 Å². The number of fused-ring (bicyclic) bond motifs is 1. The van der Waals surface area contributed by atoms with Crippen LogP contribution in [0.3, 0.4) is 0 Å². The third-order valence-corrected chi connectivity index (χ3v) is 8.38. The van der Waals surface area contributed by atoms with Gasteiger partial charge in [0.25, 0.3) is 0 Å². The molecule has 1 fully saturated rings. The predicted molar refractivity (Wildman–Crippen MR) is 152 cm³/mol. The lowest BCUT2D eigenvalue weighted by Crippen LogP contribution is -2.35. The maximum Gasteiger partial charge on any atom is 0.573 e. The minimum absolute atomic E-state index is 0.0546. The first-order valence-electron chi connectivity index (χ1n) is 13.4. The van der Waals surface area contributed by atoms with Gasteiger partial charge in [-0.1, -0.05) is 6.07 Å². The Balaban J connectivity index is 1.51. The SMILES string of the molecule is Cc1cc2sc(-c3c(C)nc(N[C@H](C)c4ccc(OC(F)(F)F)cc4F)nc3NC3C[C@H](CO)[C@@H](O)[C@H]3O)nc2c(C)n1. The third kappa shape index (κ3) is 6.49. The maximum atomic E-state index is 14.8. The largest absolute Gasteiger partial charge is 0.573 e. The van der Waals surface area contributed by atoms with Gasteiger partial charge in [0, 0.05) is 29.8 Å². The van der Waals surface area contributed by atoms with Gasteiger partial charge in [-0.15, -0.1) is 24.5 Å². The van der Waals surface area contributed by atoms with Crippen LogP contribution in [0.2, 0.25) is 0 Å². The molecular weight excluding hydrogens is 592 g/mol. The van der Waals surface area contributed by atoms with Crippen molar-refractivity contribution in [3.63, 3.8) is 0 Å². The minimum atomic E-state index is -4.95. The molecule has 15 heteroatoms. The van der Waals surface area contributed by atoms with Crippen molar-refractivity contribution in [3.05, 3.63) is 52.7 Å². The number of pyridine rings is 1. The Bertz CT molecular complexity index is 1650. The van der Waals surface area contributed by atoms with Gasteiger partial charge >= 0.3 is 6.36 Å². The third-order valence-electron chi connectivity index (χ3n) is 7.36. The zero-order chi connectivity index (χ0) is 31.2. The summed E-state index contributed by atoms with van der Waals surface area (Å²) >= 11 is 1.41. The van der Waals surface area contributed by atoms with Gasteiger partial charge in [-0.2, -0.15) is 4.98 Å². The van der Waals surface area contributed by atoms with Crippen molar-refractivity contribution < 1.29 is 37.6 Å². The fraction of sp³-hybridized carbons (Fsp3) is 0.429. The van der Waals surface area contributed by atoms with Gasteiger partial charge < -0.3 is 30.7 Å². The number of hydrogen-bond acceptors (Lipinski definition) is 11. The van der Waals surface area contributed by atoms with Crippen molar-refractivity contribution in [1.82, 2.24) is 19.9 Å². The van der Waals surface area contributed by atoms with E-state index in [4.69, 9.17) is 4.98 Å². The summed E-state index contributed by atoms with van der Waals surface area (Å²) in [7, 11) is 0. The number of ether oxygens (including phenoxy) is 1. The molecule has 5 rings (SSSR count). The van der Waals surface area contributed by atoms with Gasteiger partial charge in [-0.3, -0.25) is 4.98 Å². The number of aromatic nitrogens is 4. The van der Waals surface area contributed by atoms with Crippen LogP contribution in [0, 0.1) is 32.5 Å². The number of anilines is 2. The van der Waals surface area contributed by atoms with Crippen LogP contribution in [0.25, 0.3) is 20.8 Å². The molecule has 0 bridgehead atoms. The molecule has 43 heavy (non-hydrogen) atoms. The highest BCUT2D eigenvalue weighted by atomic mass is 32.1. The average molecular weight is 623 g/mol. The molecule has 1 aliphatic rings. The van der Waals surface area contributed by atoms with Crippen LogP contribution in [0.15, 0.2) is 24.3 Å². The van der Waals surface area contributed by atoms with Gasteiger partial charge in [-0.05, 0) is 46.2 Å². The number of nitrogens with one attached hydrogen (secondary N) is 2. The van der Waals surface area contributed by atoms with Gasteiger partial charge in [-0.25, -0.2) is 14.4 Å². The van der Waals surface area contributed by atoms with Gasteiger partial charge in [0.15, 0.2) is 0 Å². The molecule has 5 atom stereocenters. The van der Waals surface area contributed by atoms with E-state index < -0.39 is 48.1 Å². The van der Waals surface area contributed by atoms with Crippen molar-refractivity contribution in [2.45, 2.75) is 64.8 Å². The number of alkyl halides is 3. The summed E-state index contributed by atoms with van der Waals surface area (Å²) in [6, 6.07) is 3.34. The normalized spacial score (nSPS) is 21.3. The highest BCUT2D eigenvalue weighted by molar-refractivity contribution is 7.21. The number of aliphatic hydroxyl groups excluding tert-OH is 3. The van der Waals surface area contributed by atoms with E-state index in [2.05, 4.69) is 30.3 Å². The Morgan fingerprint density at radius 2 is 1.79 bits per heavy atom. The lowest BCUT2D eigenvalue weighted by atomic mass is 10.1. The maximum absolute atomic E-state index is 14.8. The topological polar surface area (TPSA) is 146 Å². The first-order chi connectivity index (χ1) is 20.2. The van der Waals surface area contributed by atoms with E-state index in [1.807, 2.05) is 19.9 Å². The summed E-state index contributed by atoms with van der Waals surface area (Å²) in [6.45, 7) is 6.77. The van der Waals surface area contributed by atoms with Crippen molar-refractivity contribution >= 4 is 33.3 Å². The van der Waals surface area contributed by atoms with Crippen LogP contribution >= 0.6 is 11.3 Å². The lowest BCUT2D eigenvalue weighted by Gasteiger charge is -2.22. The molecule has 0 spiro atoms. The number of aryl methyl sites for hydroxylation is 3. The van der Waals surface area contributed by atoms with Crippen LogP contribution in [0.5, 0.6) is 5.75 Å². The Hall–Kier alpha value is -3.66. The smallest absolute Gasteiger partial charge is 0.406 e. The Morgan fingerprint density at radius 1 is 1.05 bits per heavy atom. The van der Waals surface area contributed by atoms with E-state index in [0.717, 1.165) is 27.7 Å². The van der Waals surface area contributed by atoms with Gasteiger partial charge in [0.1, 0.15) is 34.0 Å². The predicted octanol–water partition coefficient (Wildman–Crippen LogP) is 4.80. The van der Waals surface area contributed by atoms with Crippen LogP contribution in [0.4, 0.5) is 29.3 Å². The number of nitrogens with zero attached hydrogens (tertiary/aromatic N) is 4. The molecule has 3 aromatic heterocycles. The Labute approximate surface area is 247 Å². The standard InChI is InChI=1S/C28H30F4N6O4S/c1-11-7-20-22(14(4)33-11)37-26(43-20)21-13(3)35-27(38-25(21)36-19-8-15(10-39)23(40)24(19)41)34-12(2)17-6-5-16(9-18(17)29)42-28(30,31)32/h5-7,9,12,15,19,23-24,39-41H,8,10H2,1-4H3,(H2,34,35,36,38)/t12-,15-,19?,23-,24+/m1/s1. The van der Waals surface area contributed by atoms with Crippen molar-refractivity contribution in [2.24, 2.45) is 5.92 Å². The second kappa shape index (κ2) is 11.8. The molecule has 0 saturated heterocycles. The van der Waals surface area contributed by atoms with Crippen molar-refractivity contribution in [1.29, 1.82) is 0 Å². The van der Waals surface area contributed by atoms with Gasteiger partial charge in [0.05, 0.1) is 39.8 Å². The summed E-state index contributed by atoms with van der Waals surface area (Å²) in [4.78, 5) is 18.5. The molecule has 3 heterocycles. The van der Waals surface area contributed by atoms with E-state index in [-0.39, 0.29) is 30.4 Å². The van der Waals surface area contributed by atoms with E-state index in [9.17, 15) is 32.9 Å². The molecule has 0 amide bonds. The van der Waals surface area contributed by atoms with Crippen LogP contribution in [-0.2, 0) is 0 Å². The zero-order valence-electron chi connectivity index (χ0n) is 23.6. The first kappa shape index (κ1) is 30.8. The van der Waals surface area contributed by atoms with Crippen LogP contribution < -0.4 is 15.4 Å². The second-order valence-corrected chi connectivity index (χ2v) is 11.6. The van der Waals surface area contributed by atoms with Crippen LogP contribution in [0.1, 0.15) is 42.0 Å². The number of aliphatic hydroxyl groups is 3. The fourth-order valence-corrected chi connectivity index (χ4v) is 6.50. The highest BCUT2D eigenvalue weighted by Crippen LogP contribution is 2.39. The summed E-state index contributed by atoms with van der Waals surface area (Å²) in [5.41, 5.74) is 3.41. The Morgan fingerprint density at radius 3 is 2.44 bits per heavy atom. The van der Waals surface area contributed by atoms with E-state index in [0.29, 0.717) is 22.3 Å². The molecule has 0 aliphatic heterocycles.